The van der Waals surface area contributed by atoms with E-state index >= 15 is 0 Å². The minimum atomic E-state index is -4.33. The van der Waals surface area contributed by atoms with Crippen LogP contribution in [0, 0.1) is 17.8 Å². The molecular weight excluding hydrogens is 265 g/mol. The predicted molar refractivity (Wildman–Crippen MR) is 70.9 cm³/mol. The quantitative estimate of drug-likeness (QED) is 0.772. The van der Waals surface area contributed by atoms with Crippen LogP contribution in [0.15, 0.2) is 24.3 Å². The monoisotopic (exact) mass is 282 g/mol. The summed E-state index contributed by atoms with van der Waals surface area (Å²) in [4.78, 5) is 0. The summed E-state index contributed by atoms with van der Waals surface area (Å²) < 4.78 is 37.2. The number of aliphatic hydroxyl groups is 1. The second-order valence-corrected chi connectivity index (χ2v) is 5.19. The van der Waals surface area contributed by atoms with Crippen molar-refractivity contribution in [3.63, 3.8) is 0 Å². The Hall–Kier alpha value is -1.47. The van der Waals surface area contributed by atoms with Gasteiger partial charge >= 0.3 is 6.18 Å². The van der Waals surface area contributed by atoms with Crippen molar-refractivity contribution in [2.75, 3.05) is 0 Å². The number of aliphatic hydroxyl groups excluding tert-OH is 1. The first-order valence-corrected chi connectivity index (χ1v) is 6.84. The highest BCUT2D eigenvalue weighted by molar-refractivity contribution is 5.37. The van der Waals surface area contributed by atoms with Crippen molar-refractivity contribution in [2.45, 2.75) is 44.4 Å². The van der Waals surface area contributed by atoms with Gasteiger partial charge in [-0.1, -0.05) is 31.1 Å². The Kier molecular flexibility index (Phi) is 4.72. The highest BCUT2D eigenvalue weighted by Crippen LogP contribution is 2.29. The Balaban J connectivity index is 2.01. The van der Waals surface area contributed by atoms with E-state index in [4.69, 9.17) is 0 Å². The molecule has 1 aliphatic rings. The van der Waals surface area contributed by atoms with Crippen LogP contribution in [-0.2, 0) is 6.18 Å². The minimum absolute atomic E-state index is 0.200. The summed E-state index contributed by atoms with van der Waals surface area (Å²) in [5.74, 6) is 5.70. The first-order chi connectivity index (χ1) is 9.47. The zero-order valence-corrected chi connectivity index (χ0v) is 11.1. The molecule has 1 aromatic rings. The Bertz CT molecular complexity index is 487. The molecule has 0 amide bonds. The van der Waals surface area contributed by atoms with E-state index in [1.807, 2.05) is 0 Å². The van der Waals surface area contributed by atoms with Gasteiger partial charge < -0.3 is 5.11 Å². The van der Waals surface area contributed by atoms with E-state index < -0.39 is 17.8 Å². The van der Waals surface area contributed by atoms with Crippen molar-refractivity contribution in [2.24, 2.45) is 5.92 Å². The van der Waals surface area contributed by atoms with Crippen molar-refractivity contribution in [3.8, 4) is 11.8 Å². The summed E-state index contributed by atoms with van der Waals surface area (Å²) in [5, 5.41) is 9.97. The van der Waals surface area contributed by atoms with E-state index in [0.29, 0.717) is 5.56 Å². The van der Waals surface area contributed by atoms with Crippen LogP contribution in [0.25, 0.3) is 0 Å². The highest BCUT2D eigenvalue weighted by atomic mass is 19.4. The summed E-state index contributed by atoms with van der Waals surface area (Å²) in [5.41, 5.74) is -0.191. The molecular formula is C16H17F3O. The zero-order valence-electron chi connectivity index (χ0n) is 11.1. The van der Waals surface area contributed by atoms with Gasteiger partial charge in [0.1, 0.15) is 6.10 Å². The van der Waals surface area contributed by atoms with E-state index in [1.54, 1.807) is 0 Å². The molecule has 2 rings (SSSR count). The van der Waals surface area contributed by atoms with Gasteiger partial charge in [-0.05, 0) is 43.0 Å². The average Bonchev–Trinajstić information content (AvgIpc) is 2.45. The van der Waals surface area contributed by atoms with Gasteiger partial charge in [-0.25, -0.2) is 0 Å². The molecule has 108 valence electrons. The van der Waals surface area contributed by atoms with Crippen LogP contribution in [0.2, 0.25) is 0 Å². The second kappa shape index (κ2) is 6.32. The topological polar surface area (TPSA) is 20.2 Å². The summed E-state index contributed by atoms with van der Waals surface area (Å²) in [6.07, 6.45) is 0.375. The van der Waals surface area contributed by atoms with E-state index in [0.717, 1.165) is 37.8 Å². The van der Waals surface area contributed by atoms with Gasteiger partial charge in [-0.2, -0.15) is 13.2 Å². The third-order valence-corrected chi connectivity index (χ3v) is 3.67. The summed E-state index contributed by atoms with van der Waals surface area (Å²) >= 11 is 0. The first-order valence-electron chi connectivity index (χ1n) is 6.84. The normalized spacial score (nSPS) is 18.2. The lowest BCUT2D eigenvalue weighted by Crippen LogP contribution is -2.21. The molecule has 0 aliphatic heterocycles. The SMILES string of the molecule is OC(C#Cc1ccc(C(F)(F)F)cc1)C1CCCCC1. The fraction of sp³-hybridized carbons (Fsp3) is 0.500. The van der Waals surface area contributed by atoms with Gasteiger partial charge in [0.05, 0.1) is 5.56 Å². The van der Waals surface area contributed by atoms with Crippen LogP contribution < -0.4 is 0 Å². The molecule has 0 bridgehead atoms. The average molecular weight is 282 g/mol. The van der Waals surface area contributed by atoms with Crippen LogP contribution >= 0.6 is 0 Å². The van der Waals surface area contributed by atoms with Crippen molar-refractivity contribution < 1.29 is 18.3 Å². The molecule has 0 aromatic heterocycles. The van der Waals surface area contributed by atoms with E-state index in [1.165, 1.54) is 18.6 Å². The lowest BCUT2D eigenvalue weighted by atomic mass is 9.85. The minimum Gasteiger partial charge on any atom is -0.380 e. The van der Waals surface area contributed by atoms with Crippen LogP contribution in [0.1, 0.15) is 43.2 Å². The van der Waals surface area contributed by atoms with Crippen LogP contribution in [0.5, 0.6) is 0 Å². The van der Waals surface area contributed by atoms with Crippen molar-refractivity contribution in [1.82, 2.24) is 0 Å². The predicted octanol–water partition coefficient (Wildman–Crippen LogP) is 4.00. The fourth-order valence-corrected chi connectivity index (χ4v) is 2.47. The second-order valence-electron chi connectivity index (χ2n) is 5.19. The van der Waals surface area contributed by atoms with Crippen molar-refractivity contribution >= 4 is 0 Å². The molecule has 0 heterocycles. The largest absolute Gasteiger partial charge is 0.416 e. The molecule has 0 saturated heterocycles. The molecule has 1 N–H and O–H groups in total. The molecule has 1 fully saturated rings. The maximum Gasteiger partial charge on any atom is 0.416 e. The lowest BCUT2D eigenvalue weighted by molar-refractivity contribution is -0.137. The number of alkyl halides is 3. The van der Waals surface area contributed by atoms with Gasteiger partial charge in [0.15, 0.2) is 0 Å². The summed E-state index contributed by atoms with van der Waals surface area (Å²) in [6.45, 7) is 0. The molecule has 1 atom stereocenters. The third-order valence-electron chi connectivity index (χ3n) is 3.67. The number of hydrogen-bond acceptors (Lipinski definition) is 1. The molecule has 4 heteroatoms. The van der Waals surface area contributed by atoms with Crippen molar-refractivity contribution in [1.29, 1.82) is 0 Å². The smallest absolute Gasteiger partial charge is 0.380 e. The zero-order chi connectivity index (χ0) is 14.6. The first kappa shape index (κ1) is 14.9. The van der Waals surface area contributed by atoms with Gasteiger partial charge in [-0.15, -0.1) is 0 Å². The lowest BCUT2D eigenvalue weighted by Gasteiger charge is -2.23. The maximum atomic E-state index is 12.4. The van der Waals surface area contributed by atoms with Gasteiger partial charge in [0.25, 0.3) is 0 Å². The van der Waals surface area contributed by atoms with Gasteiger partial charge in [0, 0.05) is 5.56 Å². The Morgan fingerprint density at radius 2 is 1.65 bits per heavy atom. The highest BCUT2D eigenvalue weighted by Gasteiger charge is 2.29. The molecule has 1 unspecified atom stereocenters. The standard InChI is InChI=1S/C16H17F3O/c17-16(18,19)14-9-6-12(7-10-14)8-11-15(20)13-4-2-1-3-5-13/h6-7,9-10,13,15,20H,1-5H2. The number of rotatable bonds is 1. The van der Waals surface area contributed by atoms with Gasteiger partial charge in [-0.3, -0.25) is 0 Å². The van der Waals surface area contributed by atoms with Gasteiger partial charge in [0.2, 0.25) is 0 Å². The number of halogens is 3. The van der Waals surface area contributed by atoms with E-state index in [9.17, 15) is 18.3 Å². The van der Waals surface area contributed by atoms with Crippen LogP contribution in [0.4, 0.5) is 13.2 Å². The van der Waals surface area contributed by atoms with E-state index in [2.05, 4.69) is 11.8 Å². The molecule has 20 heavy (non-hydrogen) atoms. The Morgan fingerprint density at radius 3 is 2.20 bits per heavy atom. The molecule has 1 aliphatic carbocycles. The molecule has 1 saturated carbocycles. The molecule has 0 radical (unpaired) electrons. The third kappa shape index (κ3) is 4.01. The number of hydrogen-bond donors (Lipinski definition) is 1. The maximum absolute atomic E-state index is 12.4. The Labute approximate surface area is 116 Å². The molecule has 1 aromatic carbocycles. The Morgan fingerprint density at radius 1 is 1.05 bits per heavy atom. The van der Waals surface area contributed by atoms with Crippen LogP contribution in [0.3, 0.4) is 0 Å². The molecule has 0 spiro atoms. The summed E-state index contributed by atoms with van der Waals surface area (Å²) in [7, 11) is 0. The number of benzene rings is 1. The molecule has 1 nitrogen and oxygen atoms in total. The van der Waals surface area contributed by atoms with E-state index in [-0.39, 0.29) is 5.92 Å². The van der Waals surface area contributed by atoms with Crippen molar-refractivity contribution in [3.05, 3.63) is 35.4 Å². The fourth-order valence-electron chi connectivity index (χ4n) is 2.47. The van der Waals surface area contributed by atoms with Crippen LogP contribution in [-0.4, -0.2) is 11.2 Å². The summed E-state index contributed by atoms with van der Waals surface area (Å²) in [6, 6.07) is 4.70.